The van der Waals surface area contributed by atoms with Gasteiger partial charge in [0.1, 0.15) is 5.84 Å². The summed E-state index contributed by atoms with van der Waals surface area (Å²) in [6.07, 6.45) is -2.30. The lowest BCUT2D eigenvalue weighted by atomic mass is 10.1. The molecule has 0 fully saturated rings. The van der Waals surface area contributed by atoms with Gasteiger partial charge in [-0.2, -0.15) is 13.2 Å². The second-order valence-corrected chi connectivity index (χ2v) is 6.77. The number of aryl methyl sites for hydroxylation is 1. The zero-order valence-corrected chi connectivity index (χ0v) is 16.6. The van der Waals surface area contributed by atoms with E-state index in [9.17, 15) is 18.0 Å². The Labute approximate surface area is 177 Å². The van der Waals surface area contributed by atoms with Crippen molar-refractivity contribution in [2.75, 3.05) is 5.32 Å². The molecule has 0 atom stereocenters. The fraction of sp³-hybridized carbons (Fsp3) is 0.0833. The monoisotopic (exact) mass is 423 g/mol. The predicted molar refractivity (Wildman–Crippen MR) is 117 cm³/mol. The minimum Gasteiger partial charge on any atom is -0.383 e. The first-order chi connectivity index (χ1) is 14.7. The summed E-state index contributed by atoms with van der Waals surface area (Å²) in [6.45, 7) is 1.86. The van der Waals surface area contributed by atoms with E-state index in [0.717, 1.165) is 29.3 Å². The summed E-state index contributed by atoms with van der Waals surface area (Å²) >= 11 is 0. The number of carbonyl (C=O) groups is 1. The van der Waals surface area contributed by atoms with Crippen LogP contribution in [-0.4, -0.2) is 11.7 Å². The van der Waals surface area contributed by atoms with Gasteiger partial charge in [-0.1, -0.05) is 54.6 Å². The van der Waals surface area contributed by atoms with Crippen molar-refractivity contribution in [1.29, 1.82) is 0 Å². The molecule has 0 spiro atoms. The van der Waals surface area contributed by atoms with E-state index in [1.807, 2.05) is 37.3 Å². The Kier molecular flexibility index (Phi) is 6.55. The number of nitrogens with two attached hydrogens (primary N) is 1. The summed E-state index contributed by atoms with van der Waals surface area (Å²) in [6, 6.07) is 19.4. The number of anilines is 1. The summed E-state index contributed by atoms with van der Waals surface area (Å²) in [5.74, 6) is -0.234. The molecule has 7 heteroatoms. The van der Waals surface area contributed by atoms with E-state index in [1.165, 1.54) is 18.2 Å². The standard InChI is InChI=1S/C24H20F3N3O/c1-16-11-13-19(15-21(16)30-23(28)18-8-3-2-4-9-18)29-22(31)14-12-17-7-5-6-10-20(17)24(25,26)27/h2-15H,1H3,(H2,28,30)(H,29,31)/b14-12+. The number of hydrogen-bond acceptors (Lipinski definition) is 2. The molecular formula is C24H20F3N3O. The van der Waals surface area contributed by atoms with E-state index in [4.69, 9.17) is 5.73 Å². The van der Waals surface area contributed by atoms with Gasteiger partial charge in [0.15, 0.2) is 0 Å². The summed E-state index contributed by atoms with van der Waals surface area (Å²) in [4.78, 5) is 16.7. The molecule has 158 valence electrons. The van der Waals surface area contributed by atoms with Crippen LogP contribution < -0.4 is 11.1 Å². The molecule has 1 amide bonds. The van der Waals surface area contributed by atoms with E-state index in [0.29, 0.717) is 17.2 Å². The van der Waals surface area contributed by atoms with Gasteiger partial charge in [-0.3, -0.25) is 4.79 Å². The first-order valence-corrected chi connectivity index (χ1v) is 9.39. The minimum absolute atomic E-state index is 0.0880. The van der Waals surface area contributed by atoms with Crippen LogP contribution in [0.25, 0.3) is 6.08 Å². The molecule has 0 aliphatic carbocycles. The summed E-state index contributed by atoms with van der Waals surface area (Å²) in [5.41, 5.74) is 7.82. The Balaban J connectivity index is 1.78. The lowest BCUT2D eigenvalue weighted by Gasteiger charge is -2.10. The fourth-order valence-corrected chi connectivity index (χ4v) is 2.86. The second-order valence-electron chi connectivity index (χ2n) is 6.77. The van der Waals surface area contributed by atoms with Crippen LogP contribution in [0, 0.1) is 6.92 Å². The van der Waals surface area contributed by atoms with Gasteiger partial charge in [0.05, 0.1) is 11.3 Å². The Morgan fingerprint density at radius 3 is 2.39 bits per heavy atom. The molecule has 0 radical (unpaired) electrons. The summed E-state index contributed by atoms with van der Waals surface area (Å²) < 4.78 is 39.2. The number of nitrogens with zero attached hydrogens (tertiary/aromatic N) is 1. The topological polar surface area (TPSA) is 67.5 Å². The number of alkyl halides is 3. The molecule has 0 aromatic heterocycles. The number of halogens is 3. The molecule has 3 aromatic carbocycles. The van der Waals surface area contributed by atoms with Crippen LogP contribution in [0.1, 0.15) is 22.3 Å². The van der Waals surface area contributed by atoms with Crippen molar-refractivity contribution in [3.63, 3.8) is 0 Å². The lowest BCUT2D eigenvalue weighted by molar-refractivity contribution is -0.137. The van der Waals surface area contributed by atoms with Gasteiger partial charge >= 0.3 is 6.18 Å². The van der Waals surface area contributed by atoms with Gasteiger partial charge < -0.3 is 11.1 Å². The number of aliphatic imine (C=N–C) groups is 1. The van der Waals surface area contributed by atoms with Crippen LogP contribution in [-0.2, 0) is 11.0 Å². The quantitative estimate of drug-likeness (QED) is 0.314. The largest absolute Gasteiger partial charge is 0.416 e. The first-order valence-electron chi connectivity index (χ1n) is 9.39. The van der Waals surface area contributed by atoms with Gasteiger partial charge in [0.25, 0.3) is 0 Å². The number of nitrogens with one attached hydrogen (secondary N) is 1. The van der Waals surface area contributed by atoms with Crippen molar-refractivity contribution in [3.8, 4) is 0 Å². The lowest BCUT2D eigenvalue weighted by Crippen LogP contribution is -2.12. The van der Waals surface area contributed by atoms with E-state index < -0.39 is 17.6 Å². The third-order valence-corrected chi connectivity index (χ3v) is 4.47. The van der Waals surface area contributed by atoms with Crippen LogP contribution in [0.4, 0.5) is 24.5 Å². The summed E-state index contributed by atoms with van der Waals surface area (Å²) in [7, 11) is 0. The highest BCUT2D eigenvalue weighted by Gasteiger charge is 2.32. The Morgan fingerprint density at radius 2 is 1.68 bits per heavy atom. The molecule has 3 rings (SSSR count). The number of amides is 1. The number of rotatable bonds is 5. The number of carbonyl (C=O) groups excluding carboxylic acids is 1. The van der Waals surface area contributed by atoms with Crippen LogP contribution in [0.15, 0.2) is 83.9 Å². The molecule has 3 aromatic rings. The van der Waals surface area contributed by atoms with Crippen LogP contribution >= 0.6 is 0 Å². The normalized spacial score (nSPS) is 12.2. The van der Waals surface area contributed by atoms with Crippen molar-refractivity contribution in [2.45, 2.75) is 13.1 Å². The zero-order chi connectivity index (χ0) is 22.4. The summed E-state index contributed by atoms with van der Waals surface area (Å²) in [5, 5.41) is 2.63. The van der Waals surface area contributed by atoms with Gasteiger partial charge in [-0.15, -0.1) is 0 Å². The van der Waals surface area contributed by atoms with Crippen molar-refractivity contribution < 1.29 is 18.0 Å². The predicted octanol–water partition coefficient (Wildman–Crippen LogP) is 5.70. The highest BCUT2D eigenvalue weighted by Crippen LogP contribution is 2.32. The number of amidine groups is 1. The average Bonchev–Trinajstić information content (AvgIpc) is 2.75. The van der Waals surface area contributed by atoms with Gasteiger partial charge in [-0.25, -0.2) is 4.99 Å². The molecule has 0 unspecified atom stereocenters. The Bertz CT molecular complexity index is 1140. The van der Waals surface area contributed by atoms with Crippen LogP contribution in [0.2, 0.25) is 0 Å². The fourth-order valence-electron chi connectivity index (χ4n) is 2.86. The molecule has 31 heavy (non-hydrogen) atoms. The molecule has 3 N–H and O–H groups in total. The zero-order valence-electron chi connectivity index (χ0n) is 16.6. The maximum Gasteiger partial charge on any atom is 0.416 e. The van der Waals surface area contributed by atoms with Gasteiger partial charge in [0, 0.05) is 17.3 Å². The smallest absolute Gasteiger partial charge is 0.383 e. The maximum absolute atomic E-state index is 13.1. The van der Waals surface area contributed by atoms with Crippen molar-refractivity contribution in [3.05, 3.63) is 101 Å². The highest BCUT2D eigenvalue weighted by atomic mass is 19.4. The molecule has 0 aliphatic rings. The average molecular weight is 423 g/mol. The first kappa shape index (κ1) is 21.8. The molecular weight excluding hydrogens is 403 g/mol. The number of benzene rings is 3. The highest BCUT2D eigenvalue weighted by molar-refractivity contribution is 6.03. The van der Waals surface area contributed by atoms with Crippen LogP contribution in [0.5, 0.6) is 0 Å². The number of hydrogen-bond donors (Lipinski definition) is 2. The molecule has 0 heterocycles. The van der Waals surface area contributed by atoms with Gasteiger partial charge in [0.2, 0.25) is 5.91 Å². The van der Waals surface area contributed by atoms with Crippen LogP contribution in [0.3, 0.4) is 0 Å². The molecule has 0 bridgehead atoms. The van der Waals surface area contributed by atoms with Crippen molar-refractivity contribution in [1.82, 2.24) is 0 Å². The molecule has 4 nitrogen and oxygen atoms in total. The SMILES string of the molecule is Cc1ccc(NC(=O)/C=C/c2ccccc2C(F)(F)F)cc1N=C(N)c1ccccc1. The molecule has 0 aliphatic heterocycles. The minimum atomic E-state index is -4.50. The Hall–Kier alpha value is -3.87. The third-order valence-electron chi connectivity index (χ3n) is 4.47. The van der Waals surface area contributed by atoms with Gasteiger partial charge in [-0.05, 0) is 42.3 Å². The van der Waals surface area contributed by atoms with E-state index in [1.54, 1.807) is 18.2 Å². The molecule has 0 saturated carbocycles. The second kappa shape index (κ2) is 9.30. The maximum atomic E-state index is 13.1. The van der Waals surface area contributed by atoms with E-state index in [-0.39, 0.29) is 5.56 Å². The van der Waals surface area contributed by atoms with Crippen molar-refractivity contribution in [2.24, 2.45) is 10.7 Å². The van der Waals surface area contributed by atoms with Crippen molar-refractivity contribution >= 4 is 29.2 Å². The Morgan fingerprint density at radius 1 is 1.00 bits per heavy atom. The third kappa shape index (κ3) is 5.82. The molecule has 0 saturated heterocycles. The van der Waals surface area contributed by atoms with E-state index in [2.05, 4.69) is 10.3 Å². The van der Waals surface area contributed by atoms with E-state index >= 15 is 0 Å².